The average molecular weight is 294 g/mol. The summed E-state index contributed by atoms with van der Waals surface area (Å²) in [5.41, 5.74) is 1.77. The van der Waals surface area contributed by atoms with E-state index in [1.165, 1.54) is 5.57 Å². The van der Waals surface area contributed by atoms with Gasteiger partial charge in [-0.1, -0.05) is 61.0 Å². The van der Waals surface area contributed by atoms with Gasteiger partial charge in [0.1, 0.15) is 0 Å². The molecule has 0 spiro atoms. The molecule has 1 aliphatic carbocycles. The van der Waals surface area contributed by atoms with Gasteiger partial charge in [0.15, 0.2) is 0 Å². The van der Waals surface area contributed by atoms with Gasteiger partial charge in [-0.3, -0.25) is 0 Å². The molecule has 0 fully saturated rings. The average Bonchev–Trinajstić information content (AvgIpc) is 2.35. The lowest BCUT2D eigenvalue weighted by Crippen LogP contribution is -2.44. The van der Waals surface area contributed by atoms with E-state index in [0.717, 1.165) is 18.4 Å². The molecule has 2 heteroatoms. The lowest BCUT2D eigenvalue weighted by molar-refractivity contribution is -0.135. The molecule has 1 atom stereocenters. The summed E-state index contributed by atoms with van der Waals surface area (Å²) in [7, 11) is 0. The molecular weight excluding hydrogens is 260 g/mol. The lowest BCUT2D eigenvalue weighted by atomic mass is 9.54. The standard InChI is InChI=1S/C19H34O2/c1-11(2)15-9-10-19(13(5)6,14(7)8)17(18(20)21)16(15)12(3)4/h11-15H,9-10H2,1-8H3,(H,20,21). The summed E-state index contributed by atoms with van der Waals surface area (Å²) >= 11 is 0. The van der Waals surface area contributed by atoms with Gasteiger partial charge in [-0.25, -0.2) is 4.79 Å². The Kier molecular flexibility index (Phi) is 5.69. The van der Waals surface area contributed by atoms with Crippen LogP contribution in [0, 0.1) is 35.0 Å². The third-order valence-corrected chi connectivity index (χ3v) is 5.72. The number of aliphatic carboxylic acids is 1. The Balaban J connectivity index is 3.67. The predicted octanol–water partition coefficient (Wildman–Crippen LogP) is 5.39. The van der Waals surface area contributed by atoms with E-state index in [2.05, 4.69) is 55.4 Å². The van der Waals surface area contributed by atoms with Crippen LogP contribution in [0.4, 0.5) is 0 Å². The van der Waals surface area contributed by atoms with Crippen molar-refractivity contribution in [1.82, 2.24) is 0 Å². The molecule has 0 radical (unpaired) electrons. The van der Waals surface area contributed by atoms with E-state index in [1.807, 2.05) is 0 Å². The molecule has 0 bridgehead atoms. The number of hydrogen-bond acceptors (Lipinski definition) is 1. The van der Waals surface area contributed by atoms with Gasteiger partial charge < -0.3 is 5.11 Å². The smallest absolute Gasteiger partial charge is 0.332 e. The van der Waals surface area contributed by atoms with E-state index in [-0.39, 0.29) is 5.41 Å². The van der Waals surface area contributed by atoms with Crippen LogP contribution in [-0.2, 0) is 4.79 Å². The minimum atomic E-state index is -0.688. The molecule has 0 saturated carbocycles. The highest BCUT2D eigenvalue weighted by atomic mass is 16.4. The Bertz CT molecular complexity index is 405. The molecule has 0 amide bonds. The van der Waals surface area contributed by atoms with Crippen LogP contribution in [0.3, 0.4) is 0 Å². The number of carboxylic acid groups (broad SMARTS) is 1. The topological polar surface area (TPSA) is 37.3 Å². The van der Waals surface area contributed by atoms with E-state index < -0.39 is 5.97 Å². The van der Waals surface area contributed by atoms with Crippen LogP contribution < -0.4 is 0 Å². The molecule has 0 aromatic carbocycles. The van der Waals surface area contributed by atoms with Crippen molar-refractivity contribution in [3.8, 4) is 0 Å². The van der Waals surface area contributed by atoms with Crippen LogP contribution >= 0.6 is 0 Å². The minimum Gasteiger partial charge on any atom is -0.478 e. The number of hydrogen-bond donors (Lipinski definition) is 1. The first-order valence-electron chi connectivity index (χ1n) is 8.55. The maximum Gasteiger partial charge on any atom is 0.332 e. The van der Waals surface area contributed by atoms with Crippen LogP contribution in [0.25, 0.3) is 0 Å². The third kappa shape index (κ3) is 3.05. The van der Waals surface area contributed by atoms with Gasteiger partial charge in [0, 0.05) is 11.0 Å². The molecule has 0 aromatic rings. The van der Waals surface area contributed by atoms with Crippen molar-refractivity contribution in [2.45, 2.75) is 68.2 Å². The normalized spacial score (nSPS) is 22.8. The largest absolute Gasteiger partial charge is 0.478 e. The van der Waals surface area contributed by atoms with Gasteiger partial charge >= 0.3 is 5.97 Å². The minimum absolute atomic E-state index is 0.184. The molecule has 1 N–H and O–H groups in total. The van der Waals surface area contributed by atoms with Gasteiger partial charge in [0.05, 0.1) is 0 Å². The molecule has 21 heavy (non-hydrogen) atoms. The zero-order chi connectivity index (χ0) is 16.5. The van der Waals surface area contributed by atoms with Crippen LogP contribution in [0.15, 0.2) is 11.1 Å². The van der Waals surface area contributed by atoms with Gasteiger partial charge in [0.25, 0.3) is 0 Å². The van der Waals surface area contributed by atoms with Crippen LogP contribution in [0.1, 0.15) is 68.2 Å². The highest BCUT2D eigenvalue weighted by Gasteiger charge is 2.49. The number of carbonyl (C=O) groups is 1. The second-order valence-corrected chi connectivity index (χ2v) is 8.03. The number of rotatable bonds is 5. The SMILES string of the molecule is CC(C)C1=C(C(=O)O)C(C(C)C)(C(C)C)CCC1C(C)C. The van der Waals surface area contributed by atoms with E-state index in [4.69, 9.17) is 0 Å². The summed E-state index contributed by atoms with van der Waals surface area (Å²) in [6.45, 7) is 17.5. The first-order chi connectivity index (χ1) is 9.57. The van der Waals surface area contributed by atoms with Crippen LogP contribution in [-0.4, -0.2) is 11.1 Å². The fourth-order valence-corrected chi connectivity index (χ4v) is 4.68. The number of allylic oxidation sites excluding steroid dienone is 1. The van der Waals surface area contributed by atoms with Crippen molar-refractivity contribution < 1.29 is 9.90 Å². The van der Waals surface area contributed by atoms with E-state index in [0.29, 0.717) is 29.6 Å². The molecule has 1 rings (SSSR count). The Labute approximate surface area is 131 Å². The molecule has 0 saturated heterocycles. The Hall–Kier alpha value is -0.790. The van der Waals surface area contributed by atoms with E-state index in [9.17, 15) is 9.90 Å². The van der Waals surface area contributed by atoms with E-state index >= 15 is 0 Å². The Morgan fingerprint density at radius 1 is 1.05 bits per heavy atom. The molecule has 1 unspecified atom stereocenters. The summed E-state index contributed by atoms with van der Waals surface area (Å²) in [6.07, 6.45) is 2.13. The molecule has 2 nitrogen and oxygen atoms in total. The first kappa shape index (κ1) is 18.3. The van der Waals surface area contributed by atoms with Crippen molar-refractivity contribution in [1.29, 1.82) is 0 Å². The zero-order valence-electron chi connectivity index (χ0n) is 15.2. The summed E-state index contributed by atoms with van der Waals surface area (Å²) < 4.78 is 0. The van der Waals surface area contributed by atoms with Crippen molar-refractivity contribution in [2.24, 2.45) is 35.0 Å². The van der Waals surface area contributed by atoms with Crippen molar-refractivity contribution in [3.05, 3.63) is 11.1 Å². The number of carboxylic acids is 1. The lowest BCUT2D eigenvalue weighted by Gasteiger charge is -2.49. The van der Waals surface area contributed by atoms with Gasteiger partial charge in [-0.2, -0.15) is 0 Å². The maximum atomic E-state index is 12.2. The Morgan fingerprint density at radius 3 is 1.81 bits per heavy atom. The first-order valence-corrected chi connectivity index (χ1v) is 8.55. The third-order valence-electron chi connectivity index (χ3n) is 5.72. The van der Waals surface area contributed by atoms with Crippen LogP contribution in [0.2, 0.25) is 0 Å². The van der Waals surface area contributed by atoms with Crippen molar-refractivity contribution in [3.63, 3.8) is 0 Å². The highest BCUT2D eigenvalue weighted by Crippen LogP contribution is 2.55. The molecular formula is C19H34O2. The molecule has 122 valence electrons. The monoisotopic (exact) mass is 294 g/mol. The maximum absolute atomic E-state index is 12.2. The van der Waals surface area contributed by atoms with Crippen LogP contribution in [0.5, 0.6) is 0 Å². The fraction of sp³-hybridized carbons (Fsp3) is 0.842. The predicted molar refractivity (Wildman–Crippen MR) is 89.2 cm³/mol. The summed E-state index contributed by atoms with van der Waals surface area (Å²) in [5.74, 6) is 1.25. The van der Waals surface area contributed by atoms with Crippen molar-refractivity contribution in [2.75, 3.05) is 0 Å². The zero-order valence-corrected chi connectivity index (χ0v) is 15.2. The van der Waals surface area contributed by atoms with Gasteiger partial charge in [0.2, 0.25) is 0 Å². The molecule has 0 aliphatic heterocycles. The van der Waals surface area contributed by atoms with Crippen molar-refractivity contribution >= 4 is 5.97 Å². The van der Waals surface area contributed by atoms with Gasteiger partial charge in [-0.05, 0) is 42.4 Å². The van der Waals surface area contributed by atoms with Gasteiger partial charge in [-0.15, -0.1) is 0 Å². The highest BCUT2D eigenvalue weighted by molar-refractivity contribution is 5.90. The summed E-state index contributed by atoms with van der Waals surface area (Å²) in [5, 5.41) is 10.0. The molecule has 0 aromatic heterocycles. The van der Waals surface area contributed by atoms with E-state index in [1.54, 1.807) is 0 Å². The quantitative estimate of drug-likeness (QED) is 0.738. The second kappa shape index (κ2) is 6.54. The Morgan fingerprint density at radius 2 is 1.52 bits per heavy atom. The summed E-state index contributed by atoms with van der Waals surface area (Å²) in [6, 6.07) is 0. The molecule has 0 heterocycles. The molecule has 1 aliphatic rings. The fourth-order valence-electron chi connectivity index (χ4n) is 4.68. The second-order valence-electron chi connectivity index (χ2n) is 8.03. The summed E-state index contributed by atoms with van der Waals surface area (Å²) in [4.78, 5) is 12.2.